The molecule has 100 valence electrons. The Morgan fingerprint density at radius 3 is 1.67 bits per heavy atom. The summed E-state index contributed by atoms with van der Waals surface area (Å²) < 4.78 is 0. The van der Waals surface area contributed by atoms with Crippen molar-refractivity contribution in [1.29, 1.82) is 0 Å². The van der Waals surface area contributed by atoms with Crippen molar-refractivity contribution in [3.63, 3.8) is 0 Å². The minimum Gasteiger partial charge on any atom is -0.412 e. The Kier molecular flexibility index (Phi) is 10.6. The molecule has 0 radical (unpaired) electrons. The van der Waals surface area contributed by atoms with Gasteiger partial charge in [-0.15, -0.1) is 0 Å². The molecule has 0 aliphatic rings. The van der Waals surface area contributed by atoms with Gasteiger partial charge in [0.15, 0.2) is 0 Å². The molecule has 2 heterocycles. The third-order valence-corrected chi connectivity index (χ3v) is 2.52. The molecule has 0 aliphatic heterocycles. The average molecular weight is 312 g/mol. The Hall–Kier alpha value is -1.11. The Bertz CT molecular complexity index is 385. The normalized spacial score (nSPS) is 8.17. The molecule has 2 aromatic heterocycles. The first-order valence-electron chi connectivity index (χ1n) is 4.23. The van der Waals surface area contributed by atoms with Gasteiger partial charge in [-0.1, -0.05) is 34.8 Å². The molecule has 5 nitrogen and oxygen atoms in total. The summed E-state index contributed by atoms with van der Waals surface area (Å²) >= 11 is 16.5. The number of nitrogen functional groups attached to an aromatic ring is 1. The maximum absolute atomic E-state index is 5.52. The lowest BCUT2D eigenvalue weighted by atomic mass is 10.5. The zero-order valence-corrected chi connectivity index (χ0v) is 11.5. The average Bonchev–Trinajstić information content (AvgIpc) is 2.28. The zero-order chi connectivity index (χ0) is 12.0. The monoisotopic (exact) mass is 310 g/mol. The van der Waals surface area contributed by atoms with E-state index in [-0.39, 0.29) is 11.6 Å². The minimum atomic E-state index is 0. The van der Waals surface area contributed by atoms with Crippen molar-refractivity contribution in [2.24, 2.45) is 0 Å². The van der Waals surface area contributed by atoms with E-state index in [0.29, 0.717) is 21.0 Å². The smallest absolute Gasteiger partial charge is 0.147 e. The van der Waals surface area contributed by atoms with Crippen molar-refractivity contribution in [2.45, 2.75) is 0 Å². The van der Waals surface area contributed by atoms with Crippen molar-refractivity contribution >= 4 is 40.6 Å². The van der Waals surface area contributed by atoms with Crippen molar-refractivity contribution < 1.29 is 5.48 Å². The molecule has 2 rings (SSSR count). The summed E-state index contributed by atoms with van der Waals surface area (Å²) in [6.45, 7) is 0. The maximum atomic E-state index is 5.52. The first-order chi connectivity index (χ1) is 7.61. The molecule has 0 saturated heterocycles. The van der Waals surface area contributed by atoms with Crippen molar-refractivity contribution in [1.82, 2.24) is 16.1 Å². The summed E-state index contributed by atoms with van der Waals surface area (Å²) in [6, 6.07) is 6.85. The van der Waals surface area contributed by atoms with Crippen LogP contribution in [-0.4, -0.2) is 15.4 Å². The molecule has 0 aromatic carbocycles. The first-order valence-corrected chi connectivity index (χ1v) is 5.36. The van der Waals surface area contributed by atoms with Gasteiger partial charge in [0.25, 0.3) is 0 Å². The van der Waals surface area contributed by atoms with Crippen LogP contribution >= 0.6 is 34.8 Å². The lowest BCUT2D eigenvalue weighted by Crippen LogP contribution is -1.87. The third-order valence-electron chi connectivity index (χ3n) is 1.50. The molecule has 0 saturated carbocycles. The zero-order valence-electron chi connectivity index (χ0n) is 9.28. The first kappa shape index (κ1) is 19.2. The minimum absolute atomic E-state index is 0. The molecule has 18 heavy (non-hydrogen) atoms. The van der Waals surface area contributed by atoms with E-state index in [1.165, 1.54) is 0 Å². The van der Waals surface area contributed by atoms with Gasteiger partial charge in [-0.3, -0.25) is 0 Å². The summed E-state index contributed by atoms with van der Waals surface area (Å²) in [5.74, 6) is 0.383. The van der Waals surface area contributed by atoms with Gasteiger partial charge in [-0.05, 0) is 24.3 Å². The number of aromatic nitrogens is 2. The van der Waals surface area contributed by atoms with Crippen molar-refractivity contribution in [2.75, 3.05) is 5.73 Å². The van der Waals surface area contributed by atoms with Crippen LogP contribution in [0.5, 0.6) is 0 Å². The largest absolute Gasteiger partial charge is 0.412 e. The molecule has 0 aliphatic carbocycles. The van der Waals surface area contributed by atoms with E-state index in [1.54, 1.807) is 36.7 Å². The number of pyridine rings is 2. The van der Waals surface area contributed by atoms with Gasteiger partial charge in [0.1, 0.15) is 11.0 Å². The highest BCUT2D eigenvalue weighted by molar-refractivity contribution is 6.41. The molecule has 0 unspecified atom stereocenters. The number of nitrogens with zero attached hydrogens (tertiary/aromatic N) is 2. The van der Waals surface area contributed by atoms with Crippen LogP contribution in [0.25, 0.3) is 0 Å². The maximum Gasteiger partial charge on any atom is 0.147 e. The molecule has 0 fully saturated rings. The van der Waals surface area contributed by atoms with Crippen LogP contribution in [0.3, 0.4) is 0 Å². The third kappa shape index (κ3) is 6.58. The van der Waals surface area contributed by atoms with E-state index in [1.807, 2.05) is 0 Å². The predicted molar refractivity (Wildman–Crippen MR) is 76.6 cm³/mol. The van der Waals surface area contributed by atoms with Crippen LogP contribution in [0.4, 0.5) is 5.82 Å². The fourth-order valence-electron chi connectivity index (χ4n) is 0.764. The molecule has 0 spiro atoms. The summed E-state index contributed by atoms with van der Waals surface area (Å²) in [6.07, 6.45) is 3.19. The van der Waals surface area contributed by atoms with Crippen LogP contribution in [0.2, 0.25) is 15.2 Å². The van der Waals surface area contributed by atoms with E-state index >= 15 is 0 Å². The summed E-state index contributed by atoms with van der Waals surface area (Å²) in [5, 5.41) is 1.36. The Morgan fingerprint density at radius 2 is 1.39 bits per heavy atom. The van der Waals surface area contributed by atoms with E-state index in [0.717, 1.165) is 0 Å². The Balaban J connectivity index is 0. The standard InChI is InChI=1S/C5H3Cl2N.C5H5ClN2.H3N.H2O/c2*6-4-2-1-3-8-5(4)7;;/h1-3H;1-3H,(H2,7,8);1H3;1H2. The van der Waals surface area contributed by atoms with E-state index in [2.05, 4.69) is 9.97 Å². The number of nitrogens with two attached hydrogens (primary N) is 1. The van der Waals surface area contributed by atoms with Crippen molar-refractivity contribution in [3.8, 4) is 0 Å². The topological polar surface area (TPSA) is 118 Å². The second kappa shape index (κ2) is 9.87. The number of anilines is 1. The van der Waals surface area contributed by atoms with Gasteiger partial charge in [0, 0.05) is 12.4 Å². The quantitative estimate of drug-likeness (QED) is 0.727. The summed E-state index contributed by atoms with van der Waals surface area (Å²) in [4.78, 5) is 7.44. The van der Waals surface area contributed by atoms with E-state index in [4.69, 9.17) is 40.5 Å². The molecular formula is C10H13Cl3N4O. The van der Waals surface area contributed by atoms with Crippen LogP contribution in [-0.2, 0) is 0 Å². The second-order valence-corrected chi connectivity index (χ2v) is 3.82. The molecule has 0 bridgehead atoms. The van der Waals surface area contributed by atoms with Crippen LogP contribution < -0.4 is 11.9 Å². The number of rotatable bonds is 0. The number of hydrogen-bond donors (Lipinski definition) is 2. The molecule has 8 heteroatoms. The van der Waals surface area contributed by atoms with E-state index in [9.17, 15) is 0 Å². The SMILES string of the molecule is Clc1cccnc1Cl.N.Nc1ncccc1Cl.O. The van der Waals surface area contributed by atoms with Crippen LogP contribution in [0.15, 0.2) is 36.7 Å². The molecule has 7 N–H and O–H groups in total. The van der Waals surface area contributed by atoms with Gasteiger partial charge in [0.2, 0.25) is 0 Å². The second-order valence-electron chi connectivity index (χ2n) is 2.65. The predicted octanol–water partition coefficient (Wildman–Crippen LogP) is 3.04. The Morgan fingerprint density at radius 1 is 0.889 bits per heavy atom. The highest BCUT2D eigenvalue weighted by Gasteiger charge is 1.91. The molecule has 2 aromatic rings. The summed E-state index contributed by atoms with van der Waals surface area (Å²) in [5.41, 5.74) is 5.28. The van der Waals surface area contributed by atoms with Crippen LogP contribution in [0.1, 0.15) is 0 Å². The highest BCUT2D eigenvalue weighted by Crippen LogP contribution is 2.16. The number of hydrogen-bond acceptors (Lipinski definition) is 4. The number of halogens is 3. The van der Waals surface area contributed by atoms with Crippen molar-refractivity contribution in [3.05, 3.63) is 51.9 Å². The lowest BCUT2D eigenvalue weighted by molar-refractivity contribution is 0.824. The lowest BCUT2D eigenvalue weighted by Gasteiger charge is -1.90. The van der Waals surface area contributed by atoms with E-state index < -0.39 is 0 Å². The molecular weight excluding hydrogens is 298 g/mol. The highest BCUT2D eigenvalue weighted by atomic mass is 35.5. The van der Waals surface area contributed by atoms with Gasteiger partial charge in [0.05, 0.1) is 10.0 Å². The Labute approximate surface area is 120 Å². The van der Waals surface area contributed by atoms with Gasteiger partial charge >= 0.3 is 0 Å². The fraction of sp³-hybridized carbons (Fsp3) is 0. The van der Waals surface area contributed by atoms with Gasteiger partial charge in [-0.2, -0.15) is 0 Å². The molecule has 0 amide bonds. The fourth-order valence-corrected chi connectivity index (χ4v) is 1.13. The summed E-state index contributed by atoms with van der Waals surface area (Å²) in [7, 11) is 0. The van der Waals surface area contributed by atoms with Gasteiger partial charge in [-0.25, -0.2) is 9.97 Å². The van der Waals surface area contributed by atoms with Gasteiger partial charge < -0.3 is 17.4 Å². The van der Waals surface area contributed by atoms with Crippen LogP contribution in [0, 0.1) is 0 Å². The molecule has 0 atom stereocenters.